The van der Waals surface area contributed by atoms with Crippen molar-refractivity contribution >= 4 is 23.1 Å². The minimum absolute atomic E-state index is 0.00488. The molecule has 498 valence electrons. The summed E-state index contributed by atoms with van der Waals surface area (Å²) in [5.41, 5.74) is 14.9. The number of nitrogens with zero attached hydrogens (tertiary/aromatic N) is 2. The molecule has 15 unspecified atom stereocenters. The standard InChI is InChI=1S/C90H82F4N2O2S/c1-3-57-13-41-73(42-14-57)97-75-45-21-61(22-46-75)89(59-17-25-63(91)26-18-59)83-11-7-5-9-77(83)79-49-37-69(53-85(79)89)95(67-33-29-65(93)30-34-67)71-39-51-81-82-52-40-72(56-88(82)99-87(81)55-71)96(68-35-31-66(94)32-36-68)70-38-50-80-78-10-6-8-12-84(78)90(86(80)54-70,60-19-27-64(92)28-20-60)62-23-47-76(48-24-62)98-74-43-15-58(4-2)16-44-74/h3-7,9-11,13,15,17-23,25,27-29,31-36,38-43,45,47-48,50-58,62-63,65,74-75,79-81,85-87H,1-2,8,12,14,16,24,26,30,37,44,46,49H2. The highest BCUT2D eigenvalue weighted by Gasteiger charge is 2.58. The molecule has 1 aliphatic heterocycles. The molecule has 0 aromatic heterocycles. The summed E-state index contributed by atoms with van der Waals surface area (Å²) >= 11 is 1.87. The van der Waals surface area contributed by atoms with Crippen molar-refractivity contribution in [1.82, 2.24) is 4.90 Å². The zero-order chi connectivity index (χ0) is 66.9. The van der Waals surface area contributed by atoms with Crippen molar-refractivity contribution in [2.24, 2.45) is 35.5 Å². The Hall–Kier alpha value is -9.05. The Labute approximate surface area is 584 Å². The van der Waals surface area contributed by atoms with Gasteiger partial charge in [0.25, 0.3) is 0 Å². The molecule has 0 amide bonds. The van der Waals surface area contributed by atoms with Crippen LogP contribution in [0.25, 0.3) is 0 Å². The molecule has 0 fully saturated rings. The van der Waals surface area contributed by atoms with Crippen molar-refractivity contribution < 1.29 is 27.0 Å². The number of allylic oxidation sites excluding steroid dienone is 29. The molecule has 17 rings (SSSR count). The van der Waals surface area contributed by atoms with Crippen molar-refractivity contribution in [3.05, 3.63) is 365 Å². The van der Waals surface area contributed by atoms with Gasteiger partial charge in [-0.15, -0.1) is 24.9 Å². The predicted molar refractivity (Wildman–Crippen MR) is 394 cm³/mol. The first-order valence-corrected chi connectivity index (χ1v) is 36.8. The van der Waals surface area contributed by atoms with E-state index in [1.165, 1.54) is 44.0 Å². The third-order valence-electron chi connectivity index (χ3n) is 23.4. The fourth-order valence-electron chi connectivity index (χ4n) is 18.9. The van der Waals surface area contributed by atoms with E-state index in [1.807, 2.05) is 54.3 Å². The molecular weight excluding hydrogens is 1250 g/mol. The van der Waals surface area contributed by atoms with E-state index in [0.29, 0.717) is 24.7 Å². The maximum atomic E-state index is 15.3. The van der Waals surface area contributed by atoms with Crippen LogP contribution in [0.4, 0.5) is 28.9 Å². The van der Waals surface area contributed by atoms with Gasteiger partial charge in [0.15, 0.2) is 0 Å². The van der Waals surface area contributed by atoms with Crippen molar-refractivity contribution in [1.29, 1.82) is 0 Å². The van der Waals surface area contributed by atoms with Gasteiger partial charge in [-0.25, -0.2) is 17.6 Å². The summed E-state index contributed by atoms with van der Waals surface area (Å²) in [6.07, 6.45) is 67.7. The Balaban J connectivity index is 0.710. The number of benzene rings is 4. The minimum atomic E-state index is -1.06. The molecule has 0 bridgehead atoms. The molecule has 9 heteroatoms. The number of ether oxygens (including phenoxy) is 2. The molecule has 99 heavy (non-hydrogen) atoms. The minimum Gasteiger partial charge on any atom is -0.487 e. The third kappa shape index (κ3) is 11.2. The predicted octanol–water partition coefficient (Wildman–Crippen LogP) is 22.4. The van der Waals surface area contributed by atoms with Crippen LogP contribution in [0.15, 0.2) is 336 Å². The molecule has 4 aromatic rings. The maximum Gasteiger partial charge on any atom is 0.123 e. The zero-order valence-electron chi connectivity index (χ0n) is 55.7. The van der Waals surface area contributed by atoms with Gasteiger partial charge >= 0.3 is 0 Å². The highest BCUT2D eigenvalue weighted by molar-refractivity contribution is 8.00. The molecule has 4 nitrogen and oxygen atoms in total. The second-order valence-corrected chi connectivity index (χ2v) is 30.0. The Morgan fingerprint density at radius 3 is 1.94 bits per heavy atom. The number of fused-ring (bicyclic) bond motifs is 8. The van der Waals surface area contributed by atoms with Crippen LogP contribution in [0, 0.1) is 47.1 Å². The fraction of sp³-hybridized carbons (Fsp3) is 0.289. The van der Waals surface area contributed by atoms with Gasteiger partial charge in [0.05, 0.1) is 5.41 Å². The second kappa shape index (κ2) is 26.2. The van der Waals surface area contributed by atoms with Gasteiger partial charge in [-0.2, -0.15) is 0 Å². The normalized spacial score (nSPS) is 32.5. The summed E-state index contributed by atoms with van der Waals surface area (Å²) in [4.78, 5) is 5.89. The Morgan fingerprint density at radius 1 is 0.525 bits per heavy atom. The molecular formula is C90H82F4N2O2S. The average Bonchev–Trinajstić information content (AvgIpc) is 1.55. The van der Waals surface area contributed by atoms with Crippen molar-refractivity contribution in [2.75, 3.05) is 4.90 Å². The first kappa shape index (κ1) is 63.4. The van der Waals surface area contributed by atoms with Crippen molar-refractivity contribution in [2.45, 2.75) is 128 Å². The van der Waals surface area contributed by atoms with Crippen molar-refractivity contribution in [3.8, 4) is 0 Å². The van der Waals surface area contributed by atoms with Gasteiger partial charge in [0.2, 0.25) is 0 Å². The number of anilines is 2. The van der Waals surface area contributed by atoms with Crippen LogP contribution in [0.3, 0.4) is 0 Å². The summed E-state index contributed by atoms with van der Waals surface area (Å²) in [6.45, 7) is 8.00. The van der Waals surface area contributed by atoms with Crippen LogP contribution in [0.5, 0.6) is 0 Å². The lowest BCUT2D eigenvalue weighted by Gasteiger charge is -2.46. The molecule has 0 saturated heterocycles. The zero-order valence-corrected chi connectivity index (χ0v) is 56.5. The van der Waals surface area contributed by atoms with E-state index in [2.05, 4.69) is 205 Å². The number of rotatable bonds is 16. The number of thioether (sulfide) groups is 1. The van der Waals surface area contributed by atoms with E-state index < -0.39 is 23.2 Å². The summed E-state index contributed by atoms with van der Waals surface area (Å²) in [7, 11) is 0. The van der Waals surface area contributed by atoms with Gasteiger partial charge < -0.3 is 19.3 Å². The first-order chi connectivity index (χ1) is 48.5. The van der Waals surface area contributed by atoms with E-state index in [0.717, 1.165) is 102 Å². The van der Waals surface area contributed by atoms with Crippen LogP contribution < -0.4 is 4.90 Å². The Morgan fingerprint density at radius 2 is 1.23 bits per heavy atom. The topological polar surface area (TPSA) is 24.9 Å². The fourth-order valence-corrected chi connectivity index (χ4v) is 20.3. The molecule has 0 N–H and O–H groups in total. The molecule has 0 radical (unpaired) electrons. The van der Waals surface area contributed by atoms with Gasteiger partial charge in [-0.1, -0.05) is 151 Å². The second-order valence-electron chi connectivity index (χ2n) is 28.8. The molecule has 13 aliphatic rings. The monoisotopic (exact) mass is 1330 g/mol. The lowest BCUT2D eigenvalue weighted by Crippen LogP contribution is -2.43. The molecule has 4 aromatic carbocycles. The molecule has 1 heterocycles. The van der Waals surface area contributed by atoms with Crippen LogP contribution in [0.1, 0.15) is 105 Å². The molecule has 12 aliphatic carbocycles. The van der Waals surface area contributed by atoms with E-state index in [1.54, 1.807) is 36.4 Å². The largest absolute Gasteiger partial charge is 0.487 e. The lowest BCUT2D eigenvalue weighted by atomic mass is 9.57. The summed E-state index contributed by atoms with van der Waals surface area (Å²) < 4.78 is 74.3. The summed E-state index contributed by atoms with van der Waals surface area (Å²) in [5.74, 6) is 2.21. The van der Waals surface area contributed by atoms with E-state index in [-0.39, 0.29) is 71.0 Å². The smallest absolute Gasteiger partial charge is 0.123 e. The average molecular weight is 1330 g/mol. The van der Waals surface area contributed by atoms with Crippen LogP contribution in [0.2, 0.25) is 0 Å². The van der Waals surface area contributed by atoms with Gasteiger partial charge in [0, 0.05) is 92.7 Å². The quantitative estimate of drug-likeness (QED) is 0.0822. The summed E-state index contributed by atoms with van der Waals surface area (Å²) in [5, 5.41) is 0.0510. The number of hydrogen-bond donors (Lipinski definition) is 0. The van der Waals surface area contributed by atoms with Crippen LogP contribution in [-0.2, 0) is 20.3 Å². The van der Waals surface area contributed by atoms with E-state index in [9.17, 15) is 0 Å². The molecule has 0 saturated carbocycles. The highest BCUT2D eigenvalue weighted by atomic mass is 32.2. The van der Waals surface area contributed by atoms with Gasteiger partial charge in [-0.05, 0) is 229 Å². The van der Waals surface area contributed by atoms with Gasteiger partial charge in [0.1, 0.15) is 47.7 Å². The third-order valence-corrected chi connectivity index (χ3v) is 24.8. The van der Waals surface area contributed by atoms with Gasteiger partial charge in [-0.3, -0.25) is 0 Å². The molecule has 15 atom stereocenters. The number of halogens is 4. The van der Waals surface area contributed by atoms with E-state index in [4.69, 9.17) is 9.47 Å². The lowest BCUT2D eigenvalue weighted by molar-refractivity contribution is 0.143. The number of hydrogen-bond acceptors (Lipinski definition) is 5. The van der Waals surface area contributed by atoms with E-state index >= 15 is 17.6 Å². The first-order valence-electron chi connectivity index (χ1n) is 35.9. The van der Waals surface area contributed by atoms with Crippen LogP contribution in [-0.4, -0.2) is 34.7 Å². The number of alkyl halides is 2. The Bertz CT molecular complexity index is 4550. The van der Waals surface area contributed by atoms with Crippen LogP contribution >= 0.6 is 11.8 Å². The Kier molecular flexibility index (Phi) is 16.8. The maximum absolute atomic E-state index is 15.3. The van der Waals surface area contributed by atoms with Crippen molar-refractivity contribution in [3.63, 3.8) is 0 Å². The summed E-state index contributed by atoms with van der Waals surface area (Å²) in [6, 6.07) is 30.0. The molecule has 0 spiro atoms. The highest BCUT2D eigenvalue weighted by Crippen LogP contribution is 2.65. The SMILES string of the molecule is C=CC1C=CC(OC2C=CC(C3(C4=CCC(F)C=C4)c4ccccc4C4CCC(N(C5=CCC(F)C=C5)C5=CC6Sc7cc(N(C8=CC9C(C=C8)C8=C(CCC=C8)C9(c8ccc(F)cc8)C8C=CC(OC9C=CC(C=C)CC9)=CC8)c8ccc(F)cc8)ccc7C6C=C5)=CC43)=CC2)=CC1.